The Balaban J connectivity index is 1.79. The third-order valence-electron chi connectivity index (χ3n) is 4.72. The van der Waals surface area contributed by atoms with Crippen molar-refractivity contribution < 1.29 is 22.8 Å². The van der Waals surface area contributed by atoms with Gasteiger partial charge in [-0.2, -0.15) is 13.2 Å². The molecule has 27 heavy (non-hydrogen) atoms. The predicted molar refractivity (Wildman–Crippen MR) is 96.1 cm³/mol. The normalized spacial score (nSPS) is 15.1. The topological polar surface area (TPSA) is 66.6 Å². The van der Waals surface area contributed by atoms with E-state index in [9.17, 15) is 22.8 Å². The second-order valence-corrected chi connectivity index (χ2v) is 6.70. The molecule has 0 saturated carbocycles. The van der Waals surface area contributed by atoms with Crippen LogP contribution in [0.5, 0.6) is 0 Å². The van der Waals surface area contributed by atoms with Crippen LogP contribution in [-0.2, 0) is 11.0 Å². The van der Waals surface area contributed by atoms with Crippen molar-refractivity contribution in [3.63, 3.8) is 0 Å². The average molecular weight is 385 g/mol. The first-order valence-corrected chi connectivity index (χ1v) is 9.27. The number of halogens is 3. The van der Waals surface area contributed by atoms with Crippen molar-refractivity contribution in [1.29, 1.82) is 0 Å². The van der Waals surface area contributed by atoms with E-state index in [1.807, 2.05) is 0 Å². The molecule has 1 heterocycles. The second-order valence-electron chi connectivity index (χ2n) is 6.70. The zero-order valence-corrected chi connectivity index (χ0v) is 15.3. The first-order valence-electron chi connectivity index (χ1n) is 9.27. The van der Waals surface area contributed by atoms with Gasteiger partial charge in [-0.1, -0.05) is 12.8 Å². The number of amides is 2. The Hall–Kier alpha value is -2.09. The molecule has 0 unspecified atom stereocenters. The van der Waals surface area contributed by atoms with E-state index >= 15 is 0 Å². The van der Waals surface area contributed by atoms with Crippen LogP contribution in [0.1, 0.15) is 48.0 Å². The van der Waals surface area contributed by atoms with Gasteiger partial charge in [-0.3, -0.25) is 9.59 Å². The van der Waals surface area contributed by atoms with Crippen molar-refractivity contribution in [1.82, 2.24) is 9.80 Å². The molecule has 0 atom stereocenters. The first kappa shape index (κ1) is 21.2. The van der Waals surface area contributed by atoms with Crippen molar-refractivity contribution in [2.45, 2.75) is 38.3 Å². The summed E-state index contributed by atoms with van der Waals surface area (Å²) < 4.78 is 37.8. The molecule has 5 nitrogen and oxygen atoms in total. The lowest BCUT2D eigenvalue weighted by molar-refractivity contribution is -0.137. The third kappa shape index (κ3) is 6.23. The Morgan fingerprint density at radius 2 is 1.44 bits per heavy atom. The molecule has 0 aromatic heterocycles. The first-order chi connectivity index (χ1) is 12.8. The molecule has 0 radical (unpaired) electrons. The Bertz CT molecular complexity index is 624. The smallest absolute Gasteiger partial charge is 0.339 e. The SMILES string of the molecule is NCCCCCCC(=O)N1CCN(C(=O)c2ccc(C(F)(F)F)cc2)CC1. The molecule has 0 bridgehead atoms. The Morgan fingerprint density at radius 1 is 0.889 bits per heavy atom. The molecule has 1 aromatic carbocycles. The molecule has 1 fully saturated rings. The quantitative estimate of drug-likeness (QED) is 0.734. The number of piperazine rings is 1. The van der Waals surface area contributed by atoms with Crippen molar-refractivity contribution in [3.8, 4) is 0 Å². The van der Waals surface area contributed by atoms with Crippen LogP contribution in [0.15, 0.2) is 24.3 Å². The fourth-order valence-corrected chi connectivity index (χ4v) is 3.08. The number of carbonyl (C=O) groups is 2. The molecule has 1 saturated heterocycles. The number of benzene rings is 1. The third-order valence-corrected chi connectivity index (χ3v) is 4.72. The summed E-state index contributed by atoms with van der Waals surface area (Å²) in [5, 5.41) is 0. The number of nitrogens with zero attached hydrogens (tertiary/aromatic N) is 2. The zero-order valence-electron chi connectivity index (χ0n) is 15.3. The summed E-state index contributed by atoms with van der Waals surface area (Å²) in [6, 6.07) is 4.23. The highest BCUT2D eigenvalue weighted by Crippen LogP contribution is 2.29. The van der Waals surface area contributed by atoms with E-state index in [1.54, 1.807) is 9.80 Å². The molecule has 150 valence electrons. The van der Waals surface area contributed by atoms with Crippen LogP contribution in [-0.4, -0.2) is 54.3 Å². The van der Waals surface area contributed by atoms with Gasteiger partial charge in [0, 0.05) is 38.2 Å². The highest BCUT2D eigenvalue weighted by molar-refractivity contribution is 5.94. The van der Waals surface area contributed by atoms with Crippen molar-refractivity contribution in [2.24, 2.45) is 5.73 Å². The van der Waals surface area contributed by atoms with E-state index < -0.39 is 11.7 Å². The Labute approximate surface area is 157 Å². The number of unbranched alkanes of at least 4 members (excludes halogenated alkanes) is 3. The minimum absolute atomic E-state index is 0.0874. The zero-order chi connectivity index (χ0) is 19.9. The Kier molecular flexibility index (Phi) is 7.65. The van der Waals surface area contributed by atoms with Crippen LogP contribution in [0.4, 0.5) is 13.2 Å². The summed E-state index contributed by atoms with van der Waals surface area (Å²) in [7, 11) is 0. The minimum atomic E-state index is -4.42. The van der Waals surface area contributed by atoms with Gasteiger partial charge < -0.3 is 15.5 Å². The fourth-order valence-electron chi connectivity index (χ4n) is 3.08. The number of alkyl halides is 3. The lowest BCUT2D eigenvalue weighted by atomic mass is 10.1. The van der Waals surface area contributed by atoms with Crippen LogP contribution in [0.25, 0.3) is 0 Å². The molecule has 8 heteroatoms. The molecule has 1 aliphatic heterocycles. The molecule has 2 rings (SSSR count). The van der Waals surface area contributed by atoms with Gasteiger partial charge in [0.1, 0.15) is 0 Å². The highest BCUT2D eigenvalue weighted by atomic mass is 19.4. The summed E-state index contributed by atoms with van der Waals surface area (Å²) in [4.78, 5) is 28.0. The fraction of sp³-hybridized carbons (Fsp3) is 0.579. The minimum Gasteiger partial charge on any atom is -0.339 e. The van der Waals surface area contributed by atoms with Crippen LogP contribution < -0.4 is 5.73 Å². The van der Waals surface area contributed by atoms with E-state index in [1.165, 1.54) is 12.1 Å². The number of hydrogen-bond acceptors (Lipinski definition) is 3. The molecule has 2 N–H and O–H groups in total. The van der Waals surface area contributed by atoms with Gasteiger partial charge in [0.2, 0.25) is 5.91 Å². The number of carbonyl (C=O) groups excluding carboxylic acids is 2. The summed E-state index contributed by atoms with van der Waals surface area (Å²) in [6.45, 7) is 2.35. The van der Waals surface area contributed by atoms with E-state index in [0.717, 1.165) is 37.8 Å². The Morgan fingerprint density at radius 3 is 2.00 bits per heavy atom. The molecule has 0 spiro atoms. The largest absolute Gasteiger partial charge is 0.416 e. The molecule has 1 aromatic rings. The van der Waals surface area contributed by atoms with Gasteiger partial charge in [0.15, 0.2) is 0 Å². The van der Waals surface area contributed by atoms with Crippen LogP contribution in [0.2, 0.25) is 0 Å². The highest BCUT2D eigenvalue weighted by Gasteiger charge is 2.31. The number of rotatable bonds is 7. The van der Waals surface area contributed by atoms with Gasteiger partial charge in [0.25, 0.3) is 5.91 Å². The summed E-state index contributed by atoms with van der Waals surface area (Å²) in [5.41, 5.74) is 4.88. The number of hydrogen-bond donors (Lipinski definition) is 1. The number of nitrogens with two attached hydrogens (primary N) is 1. The maximum atomic E-state index is 12.6. The van der Waals surface area contributed by atoms with Crippen LogP contribution in [0, 0.1) is 0 Å². The van der Waals surface area contributed by atoms with Crippen molar-refractivity contribution >= 4 is 11.8 Å². The van der Waals surface area contributed by atoms with E-state index in [0.29, 0.717) is 39.1 Å². The second kappa shape index (κ2) is 9.73. The van der Waals surface area contributed by atoms with E-state index in [2.05, 4.69) is 0 Å². The molecular formula is C19H26F3N3O2. The average Bonchev–Trinajstić information content (AvgIpc) is 2.66. The van der Waals surface area contributed by atoms with Crippen molar-refractivity contribution in [3.05, 3.63) is 35.4 Å². The monoisotopic (exact) mass is 385 g/mol. The van der Waals surface area contributed by atoms with Gasteiger partial charge in [0.05, 0.1) is 5.56 Å². The molecule has 0 aliphatic carbocycles. The van der Waals surface area contributed by atoms with E-state index in [4.69, 9.17) is 5.73 Å². The van der Waals surface area contributed by atoms with E-state index in [-0.39, 0.29) is 17.4 Å². The van der Waals surface area contributed by atoms with Crippen LogP contribution >= 0.6 is 0 Å². The summed E-state index contributed by atoms with van der Waals surface area (Å²) >= 11 is 0. The molecular weight excluding hydrogens is 359 g/mol. The summed E-state index contributed by atoms with van der Waals surface area (Å²) in [5.74, 6) is -0.220. The predicted octanol–water partition coefficient (Wildman–Crippen LogP) is 2.90. The van der Waals surface area contributed by atoms with Gasteiger partial charge in [-0.15, -0.1) is 0 Å². The molecule has 1 aliphatic rings. The van der Waals surface area contributed by atoms with Gasteiger partial charge in [-0.25, -0.2) is 0 Å². The summed E-state index contributed by atoms with van der Waals surface area (Å²) in [6.07, 6.45) is -0.105. The van der Waals surface area contributed by atoms with Gasteiger partial charge in [-0.05, 0) is 43.7 Å². The maximum Gasteiger partial charge on any atom is 0.416 e. The standard InChI is InChI=1S/C19H26F3N3O2/c20-19(21,22)16-8-6-15(7-9-16)18(27)25-13-11-24(12-14-25)17(26)5-3-1-2-4-10-23/h6-9H,1-5,10-14,23H2. The lowest BCUT2D eigenvalue weighted by Crippen LogP contribution is -2.50. The van der Waals surface area contributed by atoms with Crippen molar-refractivity contribution in [2.75, 3.05) is 32.7 Å². The van der Waals surface area contributed by atoms with Crippen LogP contribution in [0.3, 0.4) is 0 Å². The maximum absolute atomic E-state index is 12.6. The molecule has 2 amide bonds. The lowest BCUT2D eigenvalue weighted by Gasteiger charge is -2.35. The van der Waals surface area contributed by atoms with Gasteiger partial charge >= 0.3 is 6.18 Å².